The van der Waals surface area contributed by atoms with Gasteiger partial charge in [0.25, 0.3) is 0 Å². The molecular weight excluding hydrogens is 284 g/mol. The number of nitrogen functional groups attached to an aromatic ring is 1. The van der Waals surface area contributed by atoms with Crippen molar-refractivity contribution in [3.8, 4) is 5.75 Å². The molecule has 2 aromatic rings. The number of fused-ring (bicyclic) bond motifs is 1. The normalized spacial score (nSPS) is 13.5. The van der Waals surface area contributed by atoms with E-state index < -0.39 is 0 Å². The smallest absolute Gasteiger partial charge is 0.239 e. The molecule has 6 heteroatoms. The van der Waals surface area contributed by atoms with Gasteiger partial charge >= 0.3 is 0 Å². The maximum absolute atomic E-state index is 5.65. The first-order valence-corrected chi connectivity index (χ1v) is 6.11. The zero-order valence-corrected chi connectivity index (χ0v) is 10.6. The maximum Gasteiger partial charge on any atom is 0.239 e. The molecule has 0 saturated heterocycles. The minimum Gasteiger partial charge on any atom is -0.493 e. The molecule has 1 aromatic carbocycles. The number of ether oxygens (including phenoxy) is 1. The molecule has 0 radical (unpaired) electrons. The fourth-order valence-corrected chi connectivity index (χ4v) is 2.58. The topological polar surface area (TPSA) is 66.0 Å². The van der Waals surface area contributed by atoms with Crippen molar-refractivity contribution in [2.75, 3.05) is 12.3 Å². The number of hydrogen-bond acceptors (Lipinski definition) is 4. The predicted octanol–water partition coefficient (Wildman–Crippen LogP) is 1.61. The lowest BCUT2D eigenvalue weighted by Gasteiger charge is -2.08. The van der Waals surface area contributed by atoms with Gasteiger partial charge in [-0.05, 0) is 17.7 Å². The molecule has 3 rings (SSSR count). The number of aromatic nitrogens is 3. The van der Waals surface area contributed by atoms with Crippen molar-refractivity contribution in [3.63, 3.8) is 0 Å². The summed E-state index contributed by atoms with van der Waals surface area (Å²) in [5.74, 6) is 1.26. The summed E-state index contributed by atoms with van der Waals surface area (Å²) in [7, 11) is 0. The summed E-state index contributed by atoms with van der Waals surface area (Å²) in [6, 6.07) is 4.14. The first-order valence-electron chi connectivity index (χ1n) is 5.31. The fraction of sp³-hybridized carbons (Fsp3) is 0.273. The van der Waals surface area contributed by atoms with Gasteiger partial charge in [-0.25, -0.2) is 9.67 Å². The summed E-state index contributed by atoms with van der Waals surface area (Å²) >= 11 is 3.51. The lowest BCUT2D eigenvalue weighted by molar-refractivity contribution is 0.352. The van der Waals surface area contributed by atoms with Gasteiger partial charge in [0.1, 0.15) is 12.1 Å². The second-order valence-corrected chi connectivity index (χ2v) is 4.87. The predicted molar refractivity (Wildman–Crippen MR) is 66.9 cm³/mol. The van der Waals surface area contributed by atoms with E-state index in [1.165, 1.54) is 5.56 Å². The monoisotopic (exact) mass is 294 g/mol. The molecule has 1 aromatic heterocycles. The van der Waals surface area contributed by atoms with E-state index in [9.17, 15) is 0 Å². The van der Waals surface area contributed by atoms with Gasteiger partial charge in [-0.2, -0.15) is 0 Å². The van der Waals surface area contributed by atoms with Crippen LogP contribution >= 0.6 is 15.9 Å². The van der Waals surface area contributed by atoms with Crippen molar-refractivity contribution in [2.24, 2.45) is 0 Å². The number of nitrogens with zero attached hydrogens (tertiary/aromatic N) is 3. The van der Waals surface area contributed by atoms with Crippen molar-refractivity contribution >= 4 is 21.9 Å². The minimum absolute atomic E-state index is 0.289. The molecule has 2 N–H and O–H groups in total. The highest BCUT2D eigenvalue weighted by atomic mass is 79.9. The Morgan fingerprint density at radius 2 is 2.35 bits per heavy atom. The van der Waals surface area contributed by atoms with Crippen molar-refractivity contribution in [1.29, 1.82) is 0 Å². The molecule has 17 heavy (non-hydrogen) atoms. The minimum atomic E-state index is 0.289. The van der Waals surface area contributed by atoms with Crippen molar-refractivity contribution < 1.29 is 4.74 Å². The van der Waals surface area contributed by atoms with Crippen molar-refractivity contribution in [1.82, 2.24) is 14.8 Å². The van der Waals surface area contributed by atoms with Crippen LogP contribution in [0.3, 0.4) is 0 Å². The number of anilines is 1. The number of halogens is 1. The zero-order valence-electron chi connectivity index (χ0n) is 9.06. The van der Waals surface area contributed by atoms with Crippen LogP contribution in [-0.2, 0) is 13.0 Å². The Labute approximate surface area is 107 Å². The lowest BCUT2D eigenvalue weighted by Crippen LogP contribution is -2.03. The largest absolute Gasteiger partial charge is 0.493 e. The Kier molecular flexibility index (Phi) is 2.51. The highest BCUT2D eigenvalue weighted by Crippen LogP contribution is 2.33. The van der Waals surface area contributed by atoms with Gasteiger partial charge in [0.2, 0.25) is 5.95 Å². The molecular formula is C11H11BrN4O. The third-order valence-corrected chi connectivity index (χ3v) is 3.17. The zero-order chi connectivity index (χ0) is 11.8. The lowest BCUT2D eigenvalue weighted by atomic mass is 10.1. The molecule has 0 unspecified atom stereocenters. The van der Waals surface area contributed by atoms with E-state index in [1.807, 2.05) is 6.07 Å². The van der Waals surface area contributed by atoms with Gasteiger partial charge in [-0.1, -0.05) is 15.9 Å². The molecule has 0 atom stereocenters. The van der Waals surface area contributed by atoms with Crippen LogP contribution in [-0.4, -0.2) is 21.4 Å². The standard InChI is InChI=1S/C11H11BrN4O/c12-9-3-7-1-2-17-10(7)8(4-9)5-16-6-14-11(13)15-16/h3-4,6H,1-2,5H2,(H2,13,15). The Hall–Kier alpha value is -1.56. The maximum atomic E-state index is 5.65. The molecule has 0 amide bonds. The van der Waals surface area contributed by atoms with Crippen LogP contribution in [0.15, 0.2) is 22.9 Å². The average molecular weight is 295 g/mol. The molecule has 0 aliphatic carbocycles. The Morgan fingerprint density at radius 3 is 3.12 bits per heavy atom. The third-order valence-electron chi connectivity index (χ3n) is 2.71. The summed E-state index contributed by atoms with van der Waals surface area (Å²) in [5, 5.41) is 4.07. The molecule has 0 spiro atoms. The van der Waals surface area contributed by atoms with E-state index in [2.05, 4.69) is 32.1 Å². The SMILES string of the molecule is Nc1ncn(Cc2cc(Br)cc3c2OCC3)n1. The highest BCUT2D eigenvalue weighted by Gasteiger charge is 2.17. The van der Waals surface area contributed by atoms with Crippen LogP contribution in [0.25, 0.3) is 0 Å². The molecule has 5 nitrogen and oxygen atoms in total. The van der Waals surface area contributed by atoms with Crippen LogP contribution in [0, 0.1) is 0 Å². The average Bonchev–Trinajstić information content (AvgIpc) is 2.87. The highest BCUT2D eigenvalue weighted by molar-refractivity contribution is 9.10. The Balaban J connectivity index is 1.98. The molecule has 88 valence electrons. The van der Waals surface area contributed by atoms with Crippen molar-refractivity contribution in [3.05, 3.63) is 34.1 Å². The van der Waals surface area contributed by atoms with E-state index in [0.29, 0.717) is 6.54 Å². The quantitative estimate of drug-likeness (QED) is 0.914. The van der Waals surface area contributed by atoms with Crippen LogP contribution in [0.2, 0.25) is 0 Å². The van der Waals surface area contributed by atoms with Crippen LogP contribution < -0.4 is 10.5 Å². The van der Waals surface area contributed by atoms with Gasteiger partial charge in [0.05, 0.1) is 13.2 Å². The first-order chi connectivity index (χ1) is 8.22. The van der Waals surface area contributed by atoms with E-state index in [0.717, 1.165) is 28.8 Å². The van der Waals surface area contributed by atoms with E-state index in [1.54, 1.807) is 11.0 Å². The summed E-state index contributed by atoms with van der Waals surface area (Å²) in [5.41, 5.74) is 7.82. The molecule has 1 aliphatic rings. The molecule has 0 saturated carbocycles. The fourth-order valence-electron chi connectivity index (χ4n) is 2.02. The van der Waals surface area contributed by atoms with Gasteiger partial charge in [-0.3, -0.25) is 0 Å². The van der Waals surface area contributed by atoms with Gasteiger partial charge < -0.3 is 10.5 Å². The Bertz CT molecular complexity index is 567. The number of rotatable bonds is 2. The summed E-state index contributed by atoms with van der Waals surface area (Å²) in [6.45, 7) is 1.37. The van der Waals surface area contributed by atoms with Crippen LogP contribution in [0.4, 0.5) is 5.95 Å². The van der Waals surface area contributed by atoms with Gasteiger partial charge in [0.15, 0.2) is 0 Å². The number of nitrogens with two attached hydrogens (primary N) is 1. The summed E-state index contributed by atoms with van der Waals surface area (Å²) < 4.78 is 8.42. The van der Waals surface area contributed by atoms with Crippen LogP contribution in [0.1, 0.15) is 11.1 Å². The van der Waals surface area contributed by atoms with Crippen molar-refractivity contribution in [2.45, 2.75) is 13.0 Å². The molecule has 1 aliphatic heterocycles. The summed E-state index contributed by atoms with van der Waals surface area (Å²) in [6.07, 6.45) is 2.58. The van der Waals surface area contributed by atoms with E-state index >= 15 is 0 Å². The molecule has 0 fully saturated rings. The van der Waals surface area contributed by atoms with Crippen LogP contribution in [0.5, 0.6) is 5.75 Å². The van der Waals surface area contributed by atoms with E-state index in [-0.39, 0.29) is 5.95 Å². The number of benzene rings is 1. The number of hydrogen-bond donors (Lipinski definition) is 1. The van der Waals surface area contributed by atoms with E-state index in [4.69, 9.17) is 10.5 Å². The Morgan fingerprint density at radius 1 is 1.47 bits per heavy atom. The first kappa shape index (κ1) is 10.6. The second-order valence-electron chi connectivity index (χ2n) is 3.95. The van der Waals surface area contributed by atoms with Gasteiger partial charge in [0, 0.05) is 16.5 Å². The third kappa shape index (κ3) is 2.00. The molecule has 0 bridgehead atoms. The summed E-state index contributed by atoms with van der Waals surface area (Å²) in [4.78, 5) is 3.91. The molecule has 2 heterocycles. The van der Waals surface area contributed by atoms with Gasteiger partial charge in [-0.15, -0.1) is 5.10 Å². The second kappa shape index (κ2) is 4.03.